The number of anilines is 1. The molecule has 3 rings (SSSR count). The highest BCUT2D eigenvalue weighted by Crippen LogP contribution is 2.21. The van der Waals surface area contributed by atoms with Crippen molar-refractivity contribution in [2.24, 2.45) is 0 Å². The van der Waals surface area contributed by atoms with Crippen molar-refractivity contribution in [1.82, 2.24) is 14.9 Å². The second kappa shape index (κ2) is 6.12. The van der Waals surface area contributed by atoms with Crippen molar-refractivity contribution in [1.29, 1.82) is 0 Å². The number of ether oxygens (including phenoxy) is 1. The molecule has 2 amide bonds. The van der Waals surface area contributed by atoms with Crippen molar-refractivity contribution < 1.29 is 14.3 Å². The number of imidazole rings is 1. The molecule has 7 heteroatoms. The maximum atomic E-state index is 12.4. The minimum atomic E-state index is -0.249. The molecule has 0 saturated carbocycles. The van der Waals surface area contributed by atoms with E-state index in [1.807, 2.05) is 31.2 Å². The quantitative estimate of drug-likeness (QED) is 0.924. The number of nitrogens with one attached hydrogen (secondary N) is 1. The summed E-state index contributed by atoms with van der Waals surface area (Å²) < 4.78 is 5.12. The van der Waals surface area contributed by atoms with E-state index in [-0.39, 0.29) is 24.2 Å². The molecule has 0 atom stereocenters. The molecule has 0 unspecified atom stereocenters. The van der Waals surface area contributed by atoms with Gasteiger partial charge in [0, 0.05) is 30.7 Å². The highest BCUT2D eigenvalue weighted by atomic mass is 16.5. The van der Waals surface area contributed by atoms with Crippen molar-refractivity contribution in [3.05, 3.63) is 42.0 Å². The van der Waals surface area contributed by atoms with E-state index in [9.17, 15) is 9.59 Å². The van der Waals surface area contributed by atoms with E-state index in [0.717, 1.165) is 17.1 Å². The number of nitrogens with zero attached hydrogens (tertiary/aromatic N) is 3. The Morgan fingerprint density at radius 1 is 1.26 bits per heavy atom. The number of aryl methyl sites for hydroxylation is 1. The first kappa shape index (κ1) is 15.1. The Bertz CT molecular complexity index is 723. The summed E-state index contributed by atoms with van der Waals surface area (Å²) in [6.45, 7) is 2.80. The zero-order valence-electron chi connectivity index (χ0n) is 13.1. The number of aromatic nitrogens is 2. The summed E-state index contributed by atoms with van der Waals surface area (Å²) in [5.41, 5.74) is 1.62. The second-order valence-electron chi connectivity index (χ2n) is 5.38. The Balaban J connectivity index is 1.69. The fraction of sp³-hybridized carbons (Fsp3) is 0.312. The maximum Gasteiger partial charge on any atom is 0.290 e. The van der Waals surface area contributed by atoms with Gasteiger partial charge >= 0.3 is 0 Å². The van der Waals surface area contributed by atoms with E-state index in [1.54, 1.807) is 18.2 Å². The third-order valence-electron chi connectivity index (χ3n) is 3.80. The molecule has 0 radical (unpaired) electrons. The van der Waals surface area contributed by atoms with Gasteiger partial charge in [-0.1, -0.05) is 0 Å². The van der Waals surface area contributed by atoms with Gasteiger partial charge in [0.15, 0.2) is 5.82 Å². The molecular weight excluding hydrogens is 296 g/mol. The molecule has 120 valence electrons. The number of hydrogen-bond acceptors (Lipinski definition) is 4. The van der Waals surface area contributed by atoms with Crippen molar-refractivity contribution in [2.75, 3.05) is 31.6 Å². The molecule has 7 nitrogen and oxygen atoms in total. The summed E-state index contributed by atoms with van der Waals surface area (Å²) in [5.74, 6) is 0.648. The average molecular weight is 314 g/mol. The van der Waals surface area contributed by atoms with Crippen LogP contribution in [-0.2, 0) is 4.79 Å². The van der Waals surface area contributed by atoms with Gasteiger partial charge in [-0.3, -0.25) is 9.59 Å². The van der Waals surface area contributed by atoms with Gasteiger partial charge in [-0.2, -0.15) is 0 Å². The van der Waals surface area contributed by atoms with Crippen LogP contribution < -0.4 is 9.64 Å². The lowest BCUT2D eigenvalue weighted by molar-refractivity contribution is -0.120. The van der Waals surface area contributed by atoms with Crippen molar-refractivity contribution in [3.8, 4) is 5.75 Å². The largest absolute Gasteiger partial charge is 0.497 e. The van der Waals surface area contributed by atoms with E-state index in [4.69, 9.17) is 4.74 Å². The van der Waals surface area contributed by atoms with Gasteiger partial charge in [-0.15, -0.1) is 0 Å². The predicted octanol–water partition coefficient (Wildman–Crippen LogP) is 1.22. The molecule has 1 aliphatic rings. The lowest BCUT2D eigenvalue weighted by atomic mass is 10.2. The summed E-state index contributed by atoms with van der Waals surface area (Å²) in [6, 6.07) is 7.30. The summed E-state index contributed by atoms with van der Waals surface area (Å²) in [4.78, 5) is 34.8. The lowest BCUT2D eigenvalue weighted by Crippen LogP contribution is -2.52. The molecule has 2 heterocycles. The molecule has 1 aromatic carbocycles. The van der Waals surface area contributed by atoms with E-state index in [2.05, 4.69) is 9.97 Å². The molecule has 1 aromatic heterocycles. The molecule has 0 bridgehead atoms. The number of carbonyl (C=O) groups is 2. The van der Waals surface area contributed by atoms with Crippen LogP contribution >= 0.6 is 0 Å². The van der Waals surface area contributed by atoms with Crippen molar-refractivity contribution >= 4 is 17.5 Å². The number of methoxy groups -OCH3 is 1. The van der Waals surface area contributed by atoms with Crippen LogP contribution in [0.15, 0.2) is 30.5 Å². The Morgan fingerprint density at radius 3 is 2.57 bits per heavy atom. The van der Waals surface area contributed by atoms with Gasteiger partial charge in [0.25, 0.3) is 5.91 Å². The molecular formula is C16H18N4O3. The monoisotopic (exact) mass is 314 g/mol. The van der Waals surface area contributed by atoms with Gasteiger partial charge in [0.1, 0.15) is 12.3 Å². The summed E-state index contributed by atoms with van der Waals surface area (Å²) in [5, 5.41) is 0. The van der Waals surface area contributed by atoms with E-state index in [1.165, 1.54) is 4.90 Å². The highest BCUT2D eigenvalue weighted by Gasteiger charge is 2.29. The SMILES string of the molecule is COc1ccc(N2CCN(C(=O)c3ncc(C)[nH]3)CC2=O)cc1. The number of rotatable bonds is 3. The number of hydrogen-bond donors (Lipinski definition) is 1. The van der Waals surface area contributed by atoms with Crippen molar-refractivity contribution in [2.45, 2.75) is 6.92 Å². The predicted molar refractivity (Wildman–Crippen MR) is 84.6 cm³/mol. The smallest absolute Gasteiger partial charge is 0.290 e. The summed E-state index contributed by atoms with van der Waals surface area (Å²) in [6.07, 6.45) is 1.60. The van der Waals surface area contributed by atoms with Crippen LogP contribution in [0.3, 0.4) is 0 Å². The van der Waals surface area contributed by atoms with E-state index in [0.29, 0.717) is 13.1 Å². The Morgan fingerprint density at radius 2 is 2.00 bits per heavy atom. The van der Waals surface area contributed by atoms with Gasteiger partial charge in [-0.25, -0.2) is 4.98 Å². The minimum Gasteiger partial charge on any atom is -0.497 e. The van der Waals surface area contributed by atoms with Gasteiger partial charge in [0.2, 0.25) is 5.91 Å². The molecule has 0 spiro atoms. The number of benzene rings is 1. The van der Waals surface area contributed by atoms with E-state index >= 15 is 0 Å². The summed E-state index contributed by atoms with van der Waals surface area (Å²) >= 11 is 0. The third-order valence-corrected chi connectivity index (χ3v) is 3.80. The first-order valence-electron chi connectivity index (χ1n) is 7.34. The molecule has 0 aliphatic carbocycles. The number of amides is 2. The highest BCUT2D eigenvalue weighted by molar-refractivity contribution is 6.00. The third kappa shape index (κ3) is 3.03. The Labute approximate surface area is 133 Å². The van der Waals surface area contributed by atoms with Gasteiger partial charge in [0.05, 0.1) is 7.11 Å². The number of aromatic amines is 1. The molecule has 1 N–H and O–H groups in total. The van der Waals surface area contributed by atoms with Crippen molar-refractivity contribution in [3.63, 3.8) is 0 Å². The summed E-state index contributed by atoms with van der Waals surface area (Å²) in [7, 11) is 1.60. The van der Waals surface area contributed by atoms with Crippen LogP contribution in [0.5, 0.6) is 5.75 Å². The Kier molecular flexibility index (Phi) is 4.01. The van der Waals surface area contributed by atoms with Crippen LogP contribution in [0.1, 0.15) is 16.3 Å². The second-order valence-corrected chi connectivity index (χ2v) is 5.38. The van der Waals surface area contributed by atoms with E-state index < -0.39 is 0 Å². The van der Waals surface area contributed by atoms with Crippen LogP contribution in [-0.4, -0.2) is 53.4 Å². The molecule has 23 heavy (non-hydrogen) atoms. The lowest BCUT2D eigenvalue weighted by Gasteiger charge is -2.34. The maximum absolute atomic E-state index is 12.4. The van der Waals surface area contributed by atoms with Gasteiger partial charge in [-0.05, 0) is 31.2 Å². The number of carbonyl (C=O) groups excluding carboxylic acids is 2. The van der Waals surface area contributed by atoms with Crippen LogP contribution in [0.4, 0.5) is 5.69 Å². The zero-order chi connectivity index (χ0) is 16.4. The number of H-pyrrole nitrogens is 1. The molecule has 2 aromatic rings. The zero-order valence-corrected chi connectivity index (χ0v) is 13.1. The average Bonchev–Trinajstić information content (AvgIpc) is 3.00. The minimum absolute atomic E-state index is 0.0462. The fourth-order valence-corrected chi connectivity index (χ4v) is 2.55. The fourth-order valence-electron chi connectivity index (χ4n) is 2.55. The first-order chi connectivity index (χ1) is 11.1. The molecule has 1 saturated heterocycles. The number of piperazine rings is 1. The van der Waals surface area contributed by atoms with Gasteiger partial charge < -0.3 is 19.5 Å². The van der Waals surface area contributed by atoms with Crippen LogP contribution in [0, 0.1) is 6.92 Å². The molecule has 1 fully saturated rings. The molecule has 1 aliphatic heterocycles. The standard InChI is InChI=1S/C16H18N4O3/c1-11-9-17-15(18-11)16(22)19-7-8-20(14(21)10-19)12-3-5-13(23-2)6-4-12/h3-6,9H,7-8,10H2,1-2H3,(H,17,18). The van der Waals surface area contributed by atoms with Crippen LogP contribution in [0.25, 0.3) is 0 Å². The first-order valence-corrected chi connectivity index (χ1v) is 7.34. The topological polar surface area (TPSA) is 78.5 Å². The van der Waals surface area contributed by atoms with Crippen LogP contribution in [0.2, 0.25) is 0 Å². The Hall–Kier alpha value is -2.83. The normalized spacial score (nSPS) is 15.0.